The highest BCUT2D eigenvalue weighted by molar-refractivity contribution is 7.85. The summed E-state index contributed by atoms with van der Waals surface area (Å²) in [6.07, 6.45) is 2.29. The summed E-state index contributed by atoms with van der Waals surface area (Å²) in [7, 11) is -0.912. The second-order valence-electron chi connectivity index (χ2n) is 4.22. The zero-order valence-electron chi connectivity index (χ0n) is 9.98. The fourth-order valence-corrected chi connectivity index (χ4v) is 3.26. The van der Waals surface area contributed by atoms with Crippen LogP contribution in [0.5, 0.6) is 0 Å². The lowest BCUT2D eigenvalue weighted by Crippen LogP contribution is -2.35. The summed E-state index contributed by atoms with van der Waals surface area (Å²) in [5.41, 5.74) is 0. The van der Waals surface area contributed by atoms with Gasteiger partial charge in [0.2, 0.25) is 0 Å². The molecule has 1 aliphatic heterocycles. The third-order valence-corrected chi connectivity index (χ3v) is 4.63. The van der Waals surface area contributed by atoms with Gasteiger partial charge in [0.1, 0.15) is 0 Å². The maximum Gasteiger partial charge on any atom is 0.0779 e. The summed E-state index contributed by atoms with van der Waals surface area (Å²) >= 11 is 0. The highest BCUT2D eigenvalue weighted by atomic mass is 32.2. The Morgan fingerprint density at radius 3 is 2.81 bits per heavy atom. The minimum atomic E-state index is -0.912. The van der Waals surface area contributed by atoms with E-state index >= 15 is 0 Å². The van der Waals surface area contributed by atoms with Crippen molar-refractivity contribution in [1.82, 2.24) is 5.32 Å². The van der Waals surface area contributed by atoms with Gasteiger partial charge in [-0.2, -0.15) is 0 Å². The molecular formula is C11H23NO3S. The Morgan fingerprint density at radius 1 is 1.50 bits per heavy atom. The van der Waals surface area contributed by atoms with Gasteiger partial charge in [0.05, 0.1) is 11.9 Å². The first-order valence-corrected chi connectivity index (χ1v) is 7.46. The largest absolute Gasteiger partial charge is 0.391 e. The molecule has 1 fully saturated rings. The Morgan fingerprint density at radius 2 is 2.19 bits per heavy atom. The van der Waals surface area contributed by atoms with Crippen LogP contribution in [0.2, 0.25) is 0 Å². The van der Waals surface area contributed by atoms with Crippen LogP contribution in [0, 0.1) is 0 Å². The van der Waals surface area contributed by atoms with Crippen molar-refractivity contribution < 1.29 is 14.1 Å². The monoisotopic (exact) mass is 249 g/mol. The Kier molecular flexibility index (Phi) is 7.20. The second-order valence-corrected chi connectivity index (χ2v) is 5.98. The van der Waals surface area contributed by atoms with Crippen LogP contribution in [-0.4, -0.2) is 52.7 Å². The fraction of sp³-hybridized carbons (Fsp3) is 1.00. The van der Waals surface area contributed by atoms with Gasteiger partial charge in [-0.25, -0.2) is 0 Å². The van der Waals surface area contributed by atoms with Crippen LogP contribution in [-0.2, 0) is 15.5 Å². The molecule has 0 spiro atoms. The van der Waals surface area contributed by atoms with Crippen LogP contribution < -0.4 is 5.32 Å². The SMILES string of the molecule is CCCNCC(O)CS(=O)C1CCOCC1. The quantitative estimate of drug-likeness (QED) is 0.636. The van der Waals surface area contributed by atoms with Crippen LogP contribution in [0.3, 0.4) is 0 Å². The summed E-state index contributed by atoms with van der Waals surface area (Å²) in [4.78, 5) is 0. The van der Waals surface area contributed by atoms with Gasteiger partial charge in [-0.1, -0.05) is 6.92 Å². The van der Waals surface area contributed by atoms with Crippen molar-refractivity contribution in [1.29, 1.82) is 0 Å². The number of ether oxygens (including phenoxy) is 1. The zero-order chi connectivity index (χ0) is 11.8. The summed E-state index contributed by atoms with van der Waals surface area (Å²) in [6.45, 7) is 4.95. The van der Waals surface area contributed by atoms with Crippen LogP contribution in [0.15, 0.2) is 0 Å². The van der Waals surface area contributed by atoms with Crippen LogP contribution in [0.1, 0.15) is 26.2 Å². The molecule has 5 heteroatoms. The molecular weight excluding hydrogens is 226 g/mol. The van der Waals surface area contributed by atoms with Gasteiger partial charge in [0.25, 0.3) is 0 Å². The molecule has 2 N–H and O–H groups in total. The van der Waals surface area contributed by atoms with Gasteiger partial charge in [0, 0.05) is 35.8 Å². The highest BCUT2D eigenvalue weighted by Crippen LogP contribution is 2.13. The summed E-state index contributed by atoms with van der Waals surface area (Å²) in [6, 6.07) is 0. The molecule has 0 radical (unpaired) electrons. The van der Waals surface area contributed by atoms with Crippen molar-refractivity contribution in [2.24, 2.45) is 0 Å². The second kappa shape index (κ2) is 8.17. The smallest absolute Gasteiger partial charge is 0.0779 e. The van der Waals surface area contributed by atoms with E-state index in [0.717, 1.165) is 25.8 Å². The van der Waals surface area contributed by atoms with Crippen molar-refractivity contribution in [3.05, 3.63) is 0 Å². The van der Waals surface area contributed by atoms with Crippen LogP contribution in [0.25, 0.3) is 0 Å². The van der Waals surface area contributed by atoms with Gasteiger partial charge in [0.15, 0.2) is 0 Å². The molecule has 4 nitrogen and oxygen atoms in total. The molecule has 0 bridgehead atoms. The highest BCUT2D eigenvalue weighted by Gasteiger charge is 2.22. The number of nitrogens with one attached hydrogen (secondary N) is 1. The van der Waals surface area contributed by atoms with Crippen LogP contribution >= 0.6 is 0 Å². The lowest BCUT2D eigenvalue weighted by atomic mass is 10.2. The molecule has 0 aromatic carbocycles. The molecule has 2 atom stereocenters. The minimum absolute atomic E-state index is 0.217. The van der Waals surface area contributed by atoms with Crippen molar-refractivity contribution in [3.63, 3.8) is 0 Å². The molecule has 1 heterocycles. The third kappa shape index (κ3) is 5.39. The molecule has 2 unspecified atom stereocenters. The van der Waals surface area contributed by atoms with E-state index in [9.17, 15) is 9.32 Å². The minimum Gasteiger partial charge on any atom is -0.391 e. The Labute approximate surface area is 100 Å². The van der Waals surface area contributed by atoms with Crippen molar-refractivity contribution in [3.8, 4) is 0 Å². The van der Waals surface area contributed by atoms with E-state index in [4.69, 9.17) is 4.74 Å². The van der Waals surface area contributed by atoms with E-state index in [1.807, 2.05) is 0 Å². The van der Waals surface area contributed by atoms with Crippen molar-refractivity contribution in [2.75, 3.05) is 32.1 Å². The summed E-state index contributed by atoms with van der Waals surface area (Å²) < 4.78 is 17.1. The molecule has 0 aromatic rings. The van der Waals surface area contributed by atoms with E-state index in [1.54, 1.807) is 0 Å². The number of aliphatic hydroxyl groups is 1. The van der Waals surface area contributed by atoms with Gasteiger partial charge in [-0.05, 0) is 25.8 Å². The van der Waals surface area contributed by atoms with Crippen molar-refractivity contribution >= 4 is 10.8 Å². The Bertz CT molecular complexity index is 207. The van der Waals surface area contributed by atoms with E-state index in [2.05, 4.69) is 12.2 Å². The zero-order valence-corrected chi connectivity index (χ0v) is 10.8. The molecule has 1 rings (SSSR count). The topological polar surface area (TPSA) is 58.6 Å². The number of rotatable bonds is 7. The average molecular weight is 249 g/mol. The summed E-state index contributed by atoms with van der Waals surface area (Å²) in [5.74, 6) is 0.390. The maximum absolute atomic E-state index is 11.9. The Balaban J connectivity index is 2.16. The number of hydrogen-bond acceptors (Lipinski definition) is 4. The maximum atomic E-state index is 11.9. The first kappa shape index (κ1) is 14.1. The lowest BCUT2D eigenvalue weighted by Gasteiger charge is -2.22. The van der Waals surface area contributed by atoms with E-state index in [1.165, 1.54) is 0 Å². The molecule has 96 valence electrons. The first-order chi connectivity index (χ1) is 7.74. The van der Waals surface area contributed by atoms with Gasteiger partial charge < -0.3 is 15.2 Å². The van der Waals surface area contributed by atoms with Gasteiger partial charge >= 0.3 is 0 Å². The Hall–Kier alpha value is 0.0300. The first-order valence-electron chi connectivity index (χ1n) is 6.07. The normalized spacial score (nSPS) is 21.9. The molecule has 0 amide bonds. The molecule has 0 aromatic heterocycles. The molecule has 1 saturated heterocycles. The standard InChI is InChI=1S/C11H23NO3S/c1-2-5-12-8-10(13)9-16(14)11-3-6-15-7-4-11/h10-13H,2-9H2,1H3. The van der Waals surface area contributed by atoms with Crippen LogP contribution in [0.4, 0.5) is 0 Å². The molecule has 1 aliphatic rings. The van der Waals surface area contributed by atoms with E-state index < -0.39 is 16.9 Å². The van der Waals surface area contributed by atoms with Crippen molar-refractivity contribution in [2.45, 2.75) is 37.5 Å². The lowest BCUT2D eigenvalue weighted by molar-refractivity contribution is 0.0989. The number of hydrogen-bond donors (Lipinski definition) is 2. The molecule has 0 aliphatic carbocycles. The summed E-state index contributed by atoms with van der Waals surface area (Å²) in [5, 5.41) is 13.0. The molecule has 16 heavy (non-hydrogen) atoms. The predicted octanol–water partition coefficient (Wildman–Crippen LogP) is 0.275. The predicted molar refractivity (Wildman–Crippen MR) is 66.0 cm³/mol. The van der Waals surface area contributed by atoms with E-state index in [0.29, 0.717) is 25.5 Å². The number of aliphatic hydroxyl groups excluding tert-OH is 1. The average Bonchev–Trinajstić information content (AvgIpc) is 2.30. The van der Waals surface area contributed by atoms with E-state index in [-0.39, 0.29) is 5.25 Å². The van der Waals surface area contributed by atoms with Gasteiger partial charge in [-0.15, -0.1) is 0 Å². The molecule has 0 saturated carbocycles. The third-order valence-electron chi connectivity index (χ3n) is 2.70. The van der Waals surface area contributed by atoms with Gasteiger partial charge in [-0.3, -0.25) is 4.21 Å². The fourth-order valence-electron chi connectivity index (χ4n) is 1.77.